The molecule has 16 heavy (non-hydrogen) atoms. The maximum Gasteiger partial charge on any atom is -1.00 e. The second-order valence-electron chi connectivity index (χ2n) is 4.12. The molecule has 2 rings (SSSR count). The molecule has 86 valence electrons. The molecule has 3 heteroatoms. The van der Waals surface area contributed by atoms with Gasteiger partial charge in [-0.3, -0.25) is 0 Å². The first-order chi connectivity index (χ1) is 6.66. The van der Waals surface area contributed by atoms with Crippen molar-refractivity contribution in [1.82, 2.24) is 0 Å². The van der Waals surface area contributed by atoms with Gasteiger partial charge in [0.2, 0.25) is 0 Å². The van der Waals surface area contributed by atoms with Gasteiger partial charge < -0.3 is 24.8 Å². The van der Waals surface area contributed by atoms with Crippen molar-refractivity contribution in [2.75, 3.05) is 0 Å². The van der Waals surface area contributed by atoms with E-state index in [4.69, 9.17) is 0 Å². The van der Waals surface area contributed by atoms with E-state index in [1.807, 2.05) is 0 Å². The zero-order valence-corrected chi connectivity index (χ0v) is 12.8. The van der Waals surface area contributed by atoms with Crippen LogP contribution in [-0.4, -0.2) is 4.82 Å². The number of hydrogen-bond donors (Lipinski definition) is 0. The minimum atomic E-state index is -1.30. The third kappa shape index (κ3) is 3.56. The molecule has 0 heterocycles. The number of allylic oxidation sites excluding steroid dienone is 8. The Bertz CT molecular complexity index is 374. The average molecular weight is 291 g/mol. The minimum Gasteiger partial charge on any atom is -1.00 e. The molecule has 0 aromatic heterocycles. The van der Waals surface area contributed by atoms with Crippen molar-refractivity contribution < 1.29 is 42.2 Å². The summed E-state index contributed by atoms with van der Waals surface area (Å²) in [6.07, 6.45) is 11.7. The second kappa shape index (κ2) is 6.76. The van der Waals surface area contributed by atoms with Crippen LogP contribution in [0.1, 0.15) is 26.7 Å². The fourth-order valence-corrected chi connectivity index (χ4v) is 4.94. The maximum absolute atomic E-state index is 4.43. The molecular formula is C13H16Cl2Ti. The molecule has 2 aliphatic carbocycles. The van der Waals surface area contributed by atoms with Crippen LogP contribution in [0.4, 0.5) is 0 Å². The van der Waals surface area contributed by atoms with Gasteiger partial charge in [0.15, 0.2) is 0 Å². The summed E-state index contributed by atoms with van der Waals surface area (Å²) in [5.74, 6) is 0. The topological polar surface area (TPSA) is 0 Å². The summed E-state index contributed by atoms with van der Waals surface area (Å²) in [5, 5.41) is 0. The van der Waals surface area contributed by atoms with E-state index in [0.29, 0.717) is 0 Å². The number of halogens is 2. The van der Waals surface area contributed by atoms with Crippen molar-refractivity contribution in [3.8, 4) is 0 Å². The van der Waals surface area contributed by atoms with Gasteiger partial charge in [0.1, 0.15) is 0 Å². The van der Waals surface area contributed by atoms with E-state index < -0.39 is 17.4 Å². The summed E-state index contributed by atoms with van der Waals surface area (Å²) < 4.78 is 3.27. The maximum atomic E-state index is 4.43. The molecule has 0 N–H and O–H groups in total. The van der Waals surface area contributed by atoms with Gasteiger partial charge >= 0.3 is 92.1 Å². The fraction of sp³-hybridized carbons (Fsp3) is 0.308. The van der Waals surface area contributed by atoms with E-state index in [-0.39, 0.29) is 24.8 Å². The molecule has 0 saturated carbocycles. The molecule has 0 spiro atoms. The molecule has 0 bridgehead atoms. The SMILES string of the molecule is [CH2]=[Ti+2]([C]1=CC(C)=CC1)[C]1=CC(C)=CC1.[Cl-].[Cl-]. The van der Waals surface area contributed by atoms with Crippen LogP contribution in [0.2, 0.25) is 0 Å². The molecular weight excluding hydrogens is 275 g/mol. The molecule has 2 aliphatic rings. The molecule has 0 amide bonds. The first kappa shape index (κ1) is 16.1. The fourth-order valence-electron chi connectivity index (χ4n) is 1.95. The van der Waals surface area contributed by atoms with Crippen molar-refractivity contribution >= 4 is 4.82 Å². The standard InChI is InChI=1S/2C6H7.CH2.2ClH.Ti/c2*1-6-4-2-3-5-6;;;;/h2*4-5H,2H2,1H3;1H2;2*1H;/q;;;;;+2/p-2. The van der Waals surface area contributed by atoms with Gasteiger partial charge in [-0.25, -0.2) is 0 Å². The second-order valence-corrected chi connectivity index (χ2v) is 7.62. The first-order valence-corrected chi connectivity index (χ1v) is 7.77. The van der Waals surface area contributed by atoms with Gasteiger partial charge in [-0.1, -0.05) is 0 Å². The van der Waals surface area contributed by atoms with E-state index in [0.717, 1.165) is 0 Å². The Morgan fingerprint density at radius 2 is 1.31 bits per heavy atom. The van der Waals surface area contributed by atoms with E-state index >= 15 is 0 Å². The molecule has 0 aromatic carbocycles. The Morgan fingerprint density at radius 1 is 0.938 bits per heavy atom. The predicted molar refractivity (Wildman–Crippen MR) is 60.0 cm³/mol. The average Bonchev–Trinajstić information content (AvgIpc) is 2.73. The van der Waals surface area contributed by atoms with Crippen LogP contribution in [-0.2, 0) is 17.4 Å². The molecule has 0 nitrogen and oxygen atoms in total. The quantitative estimate of drug-likeness (QED) is 0.494. The summed E-state index contributed by atoms with van der Waals surface area (Å²) in [4.78, 5) is 4.43. The van der Waals surface area contributed by atoms with Crippen LogP contribution in [0.25, 0.3) is 0 Å². The Labute approximate surface area is 116 Å². The van der Waals surface area contributed by atoms with Crippen LogP contribution in [0.5, 0.6) is 0 Å². The normalized spacial score (nSPS) is 17.1. The number of rotatable bonds is 2. The van der Waals surface area contributed by atoms with Gasteiger partial charge in [-0.05, 0) is 0 Å². The van der Waals surface area contributed by atoms with Crippen molar-refractivity contribution in [2.45, 2.75) is 26.7 Å². The van der Waals surface area contributed by atoms with Crippen LogP contribution < -0.4 is 24.8 Å². The van der Waals surface area contributed by atoms with Gasteiger partial charge in [0.05, 0.1) is 0 Å². The van der Waals surface area contributed by atoms with Crippen molar-refractivity contribution in [3.63, 3.8) is 0 Å². The van der Waals surface area contributed by atoms with Gasteiger partial charge in [0, 0.05) is 0 Å². The molecule has 0 aromatic rings. The minimum absolute atomic E-state index is 0. The zero-order chi connectivity index (χ0) is 10.1. The Hall–Kier alpha value is 0.124. The molecule has 0 aliphatic heterocycles. The third-order valence-corrected chi connectivity index (χ3v) is 6.38. The van der Waals surface area contributed by atoms with Crippen molar-refractivity contribution in [2.24, 2.45) is 0 Å². The molecule has 0 fully saturated rings. The Morgan fingerprint density at radius 3 is 1.56 bits per heavy atom. The van der Waals surface area contributed by atoms with Gasteiger partial charge in [-0.15, -0.1) is 0 Å². The zero-order valence-electron chi connectivity index (χ0n) is 9.69. The third-order valence-electron chi connectivity index (χ3n) is 2.87. The summed E-state index contributed by atoms with van der Waals surface area (Å²) in [6.45, 7) is 4.37. The molecule has 0 radical (unpaired) electrons. The van der Waals surface area contributed by atoms with Crippen LogP contribution >= 0.6 is 0 Å². The summed E-state index contributed by atoms with van der Waals surface area (Å²) in [7, 11) is 0. The van der Waals surface area contributed by atoms with Crippen molar-refractivity contribution in [1.29, 1.82) is 0 Å². The van der Waals surface area contributed by atoms with Gasteiger partial charge in [-0.2, -0.15) is 0 Å². The summed E-state index contributed by atoms with van der Waals surface area (Å²) in [5.41, 5.74) is 2.86. The van der Waals surface area contributed by atoms with E-state index in [2.05, 4.69) is 43.0 Å². The summed E-state index contributed by atoms with van der Waals surface area (Å²) in [6, 6.07) is 0. The molecule has 0 saturated heterocycles. The molecule has 0 atom stereocenters. The van der Waals surface area contributed by atoms with E-state index in [1.165, 1.54) is 24.0 Å². The largest absolute Gasteiger partial charge is 1.00 e. The van der Waals surface area contributed by atoms with Crippen LogP contribution in [0, 0.1) is 0 Å². The van der Waals surface area contributed by atoms with Gasteiger partial charge in [0.25, 0.3) is 0 Å². The van der Waals surface area contributed by atoms with Crippen LogP contribution in [0.3, 0.4) is 0 Å². The van der Waals surface area contributed by atoms with Crippen molar-refractivity contribution in [3.05, 3.63) is 43.2 Å². The van der Waals surface area contributed by atoms with Crippen LogP contribution in [0.15, 0.2) is 43.2 Å². The monoisotopic (exact) mass is 290 g/mol. The summed E-state index contributed by atoms with van der Waals surface area (Å²) >= 11 is -1.30. The molecule has 0 unspecified atom stereocenters. The predicted octanol–water partition coefficient (Wildman–Crippen LogP) is -2.49. The smallest absolute Gasteiger partial charge is 1.00 e. The van der Waals surface area contributed by atoms with E-state index in [1.54, 1.807) is 7.76 Å². The first-order valence-electron chi connectivity index (χ1n) is 5.11. The number of hydrogen-bond acceptors (Lipinski definition) is 0. The Balaban J connectivity index is 0.00000112. The Kier molecular flexibility index (Phi) is 6.81. The van der Waals surface area contributed by atoms with E-state index in [9.17, 15) is 0 Å².